The fourth-order valence-corrected chi connectivity index (χ4v) is 4.73. The molecule has 1 aliphatic heterocycles. The SMILES string of the molecule is COC(=O)C1C(c2ccccc2OC)=CC(OC)C2(O)CN(c3ccccc3)C(=O)C12. The Hall–Kier alpha value is -3.16. The summed E-state index contributed by atoms with van der Waals surface area (Å²) in [4.78, 5) is 28.1. The predicted octanol–water partition coefficient (Wildman–Crippen LogP) is 2.29. The van der Waals surface area contributed by atoms with E-state index in [9.17, 15) is 14.7 Å². The standard InChI is InChI=1S/C24H25NO6/c1-29-18-12-8-7-11-16(18)17-13-19(30-2)24(28)14-25(15-9-5-4-6-10-15)22(26)21(24)20(17)23(27)31-3/h4-13,19-21,28H,14H2,1-3H3. The van der Waals surface area contributed by atoms with Crippen LogP contribution in [0.15, 0.2) is 60.7 Å². The molecule has 4 atom stereocenters. The van der Waals surface area contributed by atoms with Gasteiger partial charge in [-0.1, -0.05) is 36.4 Å². The van der Waals surface area contributed by atoms with Crippen LogP contribution in [0.25, 0.3) is 5.57 Å². The minimum Gasteiger partial charge on any atom is -0.496 e. The van der Waals surface area contributed by atoms with Crippen LogP contribution >= 0.6 is 0 Å². The minimum atomic E-state index is -1.61. The van der Waals surface area contributed by atoms with E-state index in [-0.39, 0.29) is 12.5 Å². The summed E-state index contributed by atoms with van der Waals surface area (Å²) in [5.41, 5.74) is 0.226. The van der Waals surface area contributed by atoms with Crippen molar-refractivity contribution in [1.29, 1.82) is 0 Å². The number of hydrogen-bond donors (Lipinski definition) is 1. The van der Waals surface area contributed by atoms with Crippen molar-refractivity contribution in [3.05, 3.63) is 66.2 Å². The number of methoxy groups -OCH3 is 3. The van der Waals surface area contributed by atoms with E-state index in [1.54, 1.807) is 24.3 Å². The quantitative estimate of drug-likeness (QED) is 0.743. The summed E-state index contributed by atoms with van der Waals surface area (Å²) in [6.45, 7) is 0.00220. The molecular formula is C24H25NO6. The van der Waals surface area contributed by atoms with E-state index in [1.807, 2.05) is 36.4 Å². The average Bonchev–Trinajstić information content (AvgIpc) is 3.09. The van der Waals surface area contributed by atoms with E-state index in [4.69, 9.17) is 14.2 Å². The van der Waals surface area contributed by atoms with Gasteiger partial charge in [-0.3, -0.25) is 9.59 Å². The Labute approximate surface area is 180 Å². The van der Waals surface area contributed by atoms with Gasteiger partial charge in [0, 0.05) is 18.4 Å². The Bertz CT molecular complexity index is 1020. The van der Waals surface area contributed by atoms with Crippen LogP contribution < -0.4 is 9.64 Å². The third kappa shape index (κ3) is 3.30. The largest absolute Gasteiger partial charge is 0.496 e. The van der Waals surface area contributed by atoms with Gasteiger partial charge in [-0.05, 0) is 29.8 Å². The molecule has 1 fully saturated rings. The Balaban J connectivity index is 1.89. The summed E-state index contributed by atoms with van der Waals surface area (Å²) in [5.74, 6) is -2.49. The Morgan fingerprint density at radius 2 is 1.74 bits per heavy atom. The van der Waals surface area contributed by atoms with Gasteiger partial charge in [0.2, 0.25) is 5.91 Å². The first kappa shape index (κ1) is 21.1. The molecule has 31 heavy (non-hydrogen) atoms. The second-order valence-corrected chi connectivity index (χ2v) is 7.71. The molecule has 1 amide bonds. The first-order chi connectivity index (χ1) is 15.0. The predicted molar refractivity (Wildman–Crippen MR) is 115 cm³/mol. The van der Waals surface area contributed by atoms with Gasteiger partial charge in [-0.15, -0.1) is 0 Å². The van der Waals surface area contributed by atoms with Crippen molar-refractivity contribution in [3.63, 3.8) is 0 Å². The number of nitrogens with zero attached hydrogens (tertiary/aromatic N) is 1. The number of rotatable bonds is 5. The smallest absolute Gasteiger partial charge is 0.314 e. The van der Waals surface area contributed by atoms with Gasteiger partial charge in [0.05, 0.1) is 32.6 Å². The second kappa shape index (κ2) is 8.17. The van der Waals surface area contributed by atoms with Crippen LogP contribution in [0.2, 0.25) is 0 Å². The summed E-state index contributed by atoms with van der Waals surface area (Å²) < 4.78 is 16.2. The lowest BCUT2D eigenvalue weighted by atomic mass is 9.67. The fourth-order valence-electron chi connectivity index (χ4n) is 4.73. The van der Waals surface area contributed by atoms with Crippen LogP contribution in [0.5, 0.6) is 5.75 Å². The molecule has 4 rings (SSSR count). The van der Waals surface area contributed by atoms with Gasteiger partial charge in [0.25, 0.3) is 0 Å². The van der Waals surface area contributed by atoms with E-state index in [1.165, 1.54) is 26.2 Å². The molecule has 1 saturated heterocycles. The molecule has 0 bridgehead atoms. The minimum absolute atomic E-state index is 0.00220. The molecule has 0 saturated carbocycles. The molecule has 0 aromatic heterocycles. The molecule has 2 aromatic rings. The highest BCUT2D eigenvalue weighted by Crippen LogP contribution is 2.50. The third-order valence-corrected chi connectivity index (χ3v) is 6.17. The molecule has 0 spiro atoms. The first-order valence-electron chi connectivity index (χ1n) is 10.0. The maximum Gasteiger partial charge on any atom is 0.314 e. The maximum atomic E-state index is 13.6. The number of ether oxygens (including phenoxy) is 3. The van der Waals surface area contributed by atoms with E-state index in [0.717, 1.165) is 0 Å². The number of fused-ring (bicyclic) bond motifs is 1. The second-order valence-electron chi connectivity index (χ2n) is 7.71. The van der Waals surface area contributed by atoms with Crippen LogP contribution in [-0.4, -0.2) is 56.6 Å². The lowest BCUT2D eigenvalue weighted by Crippen LogP contribution is -2.56. The number of carbonyl (C=O) groups excluding carboxylic acids is 2. The van der Waals surface area contributed by atoms with Gasteiger partial charge in [-0.25, -0.2) is 0 Å². The highest BCUT2D eigenvalue weighted by Gasteiger charge is 2.63. The number of para-hydroxylation sites is 2. The molecule has 1 aliphatic carbocycles. The van der Waals surface area contributed by atoms with E-state index < -0.39 is 29.5 Å². The molecule has 7 heteroatoms. The van der Waals surface area contributed by atoms with Crippen molar-refractivity contribution in [2.75, 3.05) is 32.8 Å². The average molecular weight is 423 g/mol. The summed E-state index contributed by atoms with van der Waals surface area (Å²) in [6.07, 6.45) is 0.897. The number of β-amino-alcohol motifs (C(OH)–C–C–N with tert-alkyl or cyclic N) is 1. The topological polar surface area (TPSA) is 85.3 Å². The van der Waals surface area contributed by atoms with Gasteiger partial charge in [-0.2, -0.15) is 0 Å². The summed E-state index contributed by atoms with van der Waals surface area (Å²) >= 11 is 0. The van der Waals surface area contributed by atoms with Crippen LogP contribution in [0.4, 0.5) is 5.69 Å². The number of carbonyl (C=O) groups is 2. The van der Waals surface area contributed by atoms with Crippen LogP contribution in [0.3, 0.4) is 0 Å². The van der Waals surface area contributed by atoms with E-state index in [2.05, 4.69) is 0 Å². The molecule has 1 N–H and O–H groups in total. The molecule has 7 nitrogen and oxygen atoms in total. The number of hydrogen-bond acceptors (Lipinski definition) is 6. The molecule has 2 aromatic carbocycles. The zero-order valence-corrected chi connectivity index (χ0v) is 17.6. The van der Waals surface area contributed by atoms with E-state index in [0.29, 0.717) is 22.6 Å². The Morgan fingerprint density at radius 3 is 2.39 bits per heavy atom. The van der Waals surface area contributed by atoms with Gasteiger partial charge in [0.1, 0.15) is 17.5 Å². The Kier molecular flexibility index (Phi) is 5.56. The lowest BCUT2D eigenvalue weighted by molar-refractivity contribution is -0.157. The van der Waals surface area contributed by atoms with Gasteiger partial charge < -0.3 is 24.2 Å². The highest BCUT2D eigenvalue weighted by atomic mass is 16.5. The van der Waals surface area contributed by atoms with Crippen molar-refractivity contribution in [2.45, 2.75) is 11.7 Å². The molecular weight excluding hydrogens is 398 g/mol. The zero-order valence-electron chi connectivity index (χ0n) is 17.6. The van der Waals surface area contributed by atoms with Crippen molar-refractivity contribution in [1.82, 2.24) is 0 Å². The van der Waals surface area contributed by atoms with E-state index >= 15 is 0 Å². The summed E-state index contributed by atoms with van der Waals surface area (Å²) in [5, 5.41) is 11.7. The molecule has 0 radical (unpaired) electrons. The monoisotopic (exact) mass is 423 g/mol. The van der Waals surface area contributed by atoms with Gasteiger partial charge >= 0.3 is 5.97 Å². The molecule has 162 valence electrons. The van der Waals surface area contributed by atoms with Gasteiger partial charge in [0.15, 0.2) is 0 Å². The highest BCUT2D eigenvalue weighted by molar-refractivity contribution is 6.05. The summed E-state index contributed by atoms with van der Waals surface area (Å²) in [7, 11) is 4.29. The lowest BCUT2D eigenvalue weighted by Gasteiger charge is -2.41. The van der Waals surface area contributed by atoms with Crippen LogP contribution in [0.1, 0.15) is 5.56 Å². The molecule has 2 aliphatic rings. The van der Waals surface area contributed by atoms with Crippen molar-refractivity contribution in [3.8, 4) is 5.75 Å². The van der Waals surface area contributed by atoms with Crippen molar-refractivity contribution >= 4 is 23.1 Å². The number of esters is 1. The number of anilines is 1. The molecule has 4 unspecified atom stereocenters. The number of aliphatic hydroxyl groups is 1. The van der Waals surface area contributed by atoms with Crippen molar-refractivity contribution in [2.24, 2.45) is 11.8 Å². The number of amides is 1. The fraction of sp³-hybridized carbons (Fsp3) is 0.333. The maximum absolute atomic E-state index is 13.6. The zero-order chi connectivity index (χ0) is 22.2. The summed E-state index contributed by atoms with van der Waals surface area (Å²) in [6, 6.07) is 16.3. The molecule has 1 heterocycles. The Morgan fingerprint density at radius 1 is 1.06 bits per heavy atom. The van der Waals surface area contributed by atoms with Crippen molar-refractivity contribution < 1.29 is 28.9 Å². The number of benzene rings is 2. The third-order valence-electron chi connectivity index (χ3n) is 6.17. The first-order valence-corrected chi connectivity index (χ1v) is 10.0. The normalized spacial score (nSPS) is 27.5. The van der Waals surface area contributed by atoms with Crippen LogP contribution in [-0.2, 0) is 19.1 Å². The van der Waals surface area contributed by atoms with Crippen LogP contribution in [0, 0.1) is 11.8 Å².